The Labute approximate surface area is 117 Å². The molecule has 0 fully saturated rings. The van der Waals surface area contributed by atoms with Crippen molar-refractivity contribution in [3.8, 4) is 11.5 Å². The lowest BCUT2D eigenvalue weighted by Crippen LogP contribution is -2.01. The average Bonchev–Trinajstić information content (AvgIpc) is 2.44. The van der Waals surface area contributed by atoms with Gasteiger partial charge in [-0.25, -0.2) is 4.39 Å². The standard InChI is InChI=1S/C16H17FO3/c1-11(18)12-6-7-16(19-2)13(8-12)10-20-15-5-3-4-14(17)9-15/h3-9,11,18H,10H2,1-2H3. The summed E-state index contributed by atoms with van der Waals surface area (Å²) in [5.74, 6) is 0.785. The van der Waals surface area contributed by atoms with Crippen LogP contribution in [-0.4, -0.2) is 12.2 Å². The molecule has 0 bridgehead atoms. The van der Waals surface area contributed by atoms with E-state index in [1.54, 1.807) is 38.3 Å². The largest absolute Gasteiger partial charge is 0.496 e. The molecule has 0 radical (unpaired) electrons. The first-order valence-corrected chi connectivity index (χ1v) is 6.33. The SMILES string of the molecule is COc1ccc(C(C)O)cc1COc1cccc(F)c1. The lowest BCUT2D eigenvalue weighted by Gasteiger charge is -2.13. The summed E-state index contributed by atoms with van der Waals surface area (Å²) in [6.07, 6.45) is -0.561. The van der Waals surface area contributed by atoms with Crippen LogP contribution in [0, 0.1) is 5.82 Å². The zero-order valence-electron chi connectivity index (χ0n) is 11.5. The van der Waals surface area contributed by atoms with E-state index >= 15 is 0 Å². The van der Waals surface area contributed by atoms with Crippen molar-refractivity contribution < 1.29 is 19.0 Å². The summed E-state index contributed by atoms with van der Waals surface area (Å²) in [5.41, 5.74) is 1.58. The molecule has 4 heteroatoms. The first-order valence-electron chi connectivity index (χ1n) is 6.33. The van der Waals surface area contributed by atoms with Gasteiger partial charge in [-0.1, -0.05) is 12.1 Å². The summed E-state index contributed by atoms with van der Waals surface area (Å²) in [6, 6.07) is 11.4. The first kappa shape index (κ1) is 14.3. The van der Waals surface area contributed by atoms with E-state index in [4.69, 9.17) is 9.47 Å². The van der Waals surface area contributed by atoms with Gasteiger partial charge in [0.1, 0.15) is 23.9 Å². The summed E-state index contributed by atoms with van der Waals surface area (Å²) in [6.45, 7) is 1.94. The van der Waals surface area contributed by atoms with Gasteiger partial charge in [0.05, 0.1) is 13.2 Å². The van der Waals surface area contributed by atoms with Gasteiger partial charge >= 0.3 is 0 Å². The summed E-state index contributed by atoms with van der Waals surface area (Å²) in [5, 5.41) is 9.60. The molecule has 1 atom stereocenters. The zero-order chi connectivity index (χ0) is 14.5. The van der Waals surface area contributed by atoms with E-state index in [2.05, 4.69) is 0 Å². The number of rotatable bonds is 5. The number of aliphatic hydroxyl groups is 1. The Morgan fingerprint density at radius 2 is 2.00 bits per heavy atom. The van der Waals surface area contributed by atoms with Crippen molar-refractivity contribution >= 4 is 0 Å². The van der Waals surface area contributed by atoms with Crippen LogP contribution in [0.1, 0.15) is 24.2 Å². The van der Waals surface area contributed by atoms with Crippen molar-refractivity contribution in [2.45, 2.75) is 19.6 Å². The molecule has 1 unspecified atom stereocenters. The van der Waals surface area contributed by atoms with Crippen molar-refractivity contribution in [2.24, 2.45) is 0 Å². The number of aliphatic hydroxyl groups excluding tert-OH is 1. The molecule has 2 aromatic carbocycles. The van der Waals surface area contributed by atoms with Crippen molar-refractivity contribution in [3.05, 3.63) is 59.4 Å². The molecule has 0 aromatic heterocycles. The summed E-state index contributed by atoms with van der Waals surface area (Å²) >= 11 is 0. The molecule has 2 aromatic rings. The molecule has 0 aliphatic carbocycles. The molecule has 106 valence electrons. The van der Waals surface area contributed by atoms with Crippen LogP contribution in [0.3, 0.4) is 0 Å². The maximum Gasteiger partial charge on any atom is 0.126 e. The van der Waals surface area contributed by atoms with Crippen LogP contribution in [0.15, 0.2) is 42.5 Å². The molecule has 0 saturated carbocycles. The molecular formula is C16H17FO3. The van der Waals surface area contributed by atoms with Crippen molar-refractivity contribution in [3.63, 3.8) is 0 Å². The molecular weight excluding hydrogens is 259 g/mol. The zero-order valence-corrected chi connectivity index (χ0v) is 11.5. The van der Waals surface area contributed by atoms with Crippen molar-refractivity contribution in [1.29, 1.82) is 0 Å². The van der Waals surface area contributed by atoms with E-state index in [-0.39, 0.29) is 12.4 Å². The second-order valence-corrected chi connectivity index (χ2v) is 4.49. The van der Waals surface area contributed by atoms with Gasteiger partial charge in [0.15, 0.2) is 0 Å². The van der Waals surface area contributed by atoms with E-state index in [1.807, 2.05) is 6.07 Å². The molecule has 0 saturated heterocycles. The van der Waals surface area contributed by atoms with E-state index in [0.29, 0.717) is 11.5 Å². The third-order valence-electron chi connectivity index (χ3n) is 2.98. The van der Waals surface area contributed by atoms with Crippen molar-refractivity contribution in [2.75, 3.05) is 7.11 Å². The van der Waals surface area contributed by atoms with Gasteiger partial charge in [0, 0.05) is 11.6 Å². The number of ether oxygens (including phenoxy) is 2. The fourth-order valence-corrected chi connectivity index (χ4v) is 1.89. The van der Waals surface area contributed by atoms with Gasteiger partial charge in [-0.3, -0.25) is 0 Å². The quantitative estimate of drug-likeness (QED) is 0.908. The van der Waals surface area contributed by atoms with Gasteiger partial charge < -0.3 is 14.6 Å². The van der Waals surface area contributed by atoms with Crippen LogP contribution in [0.2, 0.25) is 0 Å². The molecule has 0 aliphatic heterocycles. The van der Waals surface area contributed by atoms with Crippen molar-refractivity contribution in [1.82, 2.24) is 0 Å². The van der Waals surface area contributed by atoms with Crippen LogP contribution in [0.4, 0.5) is 4.39 Å². The number of hydrogen-bond acceptors (Lipinski definition) is 3. The number of benzene rings is 2. The number of methoxy groups -OCH3 is 1. The van der Waals surface area contributed by atoms with E-state index in [9.17, 15) is 9.50 Å². The Morgan fingerprint density at radius 1 is 1.20 bits per heavy atom. The number of hydrogen-bond donors (Lipinski definition) is 1. The molecule has 0 heterocycles. The maximum absolute atomic E-state index is 13.1. The molecule has 0 amide bonds. The van der Waals surface area contributed by atoms with Gasteiger partial charge in [0.25, 0.3) is 0 Å². The highest BCUT2D eigenvalue weighted by Crippen LogP contribution is 2.25. The highest BCUT2D eigenvalue weighted by atomic mass is 19.1. The lowest BCUT2D eigenvalue weighted by atomic mass is 10.1. The summed E-state index contributed by atoms with van der Waals surface area (Å²) < 4.78 is 23.9. The molecule has 1 N–H and O–H groups in total. The second kappa shape index (κ2) is 6.39. The smallest absolute Gasteiger partial charge is 0.126 e. The molecule has 0 spiro atoms. The minimum absolute atomic E-state index is 0.243. The minimum atomic E-state index is -0.561. The van der Waals surface area contributed by atoms with Gasteiger partial charge in [-0.2, -0.15) is 0 Å². The van der Waals surface area contributed by atoms with Gasteiger partial charge in [0.2, 0.25) is 0 Å². The maximum atomic E-state index is 13.1. The highest BCUT2D eigenvalue weighted by Gasteiger charge is 2.08. The molecule has 20 heavy (non-hydrogen) atoms. The fraction of sp³-hybridized carbons (Fsp3) is 0.250. The third-order valence-corrected chi connectivity index (χ3v) is 2.98. The predicted octanol–water partition coefficient (Wildman–Crippen LogP) is 3.47. The Kier molecular flexibility index (Phi) is 4.58. The van der Waals surface area contributed by atoms with Crippen LogP contribution in [0.5, 0.6) is 11.5 Å². The Hall–Kier alpha value is -2.07. The molecule has 3 nitrogen and oxygen atoms in total. The summed E-state index contributed by atoms with van der Waals surface area (Å²) in [7, 11) is 1.57. The van der Waals surface area contributed by atoms with Crippen LogP contribution >= 0.6 is 0 Å². The third kappa shape index (κ3) is 3.48. The normalized spacial score (nSPS) is 12.0. The highest BCUT2D eigenvalue weighted by molar-refractivity contribution is 5.38. The van der Waals surface area contributed by atoms with Gasteiger partial charge in [-0.15, -0.1) is 0 Å². The monoisotopic (exact) mass is 276 g/mol. The predicted molar refractivity (Wildman–Crippen MR) is 74.4 cm³/mol. The van der Waals surface area contributed by atoms with E-state index in [0.717, 1.165) is 11.1 Å². The Bertz CT molecular complexity index is 582. The van der Waals surface area contributed by atoms with Gasteiger partial charge in [-0.05, 0) is 36.8 Å². The van der Waals surface area contributed by atoms with Crippen LogP contribution in [-0.2, 0) is 6.61 Å². The second-order valence-electron chi connectivity index (χ2n) is 4.49. The fourth-order valence-electron chi connectivity index (χ4n) is 1.89. The Morgan fingerprint density at radius 3 is 2.65 bits per heavy atom. The van der Waals surface area contributed by atoms with Crippen LogP contribution in [0.25, 0.3) is 0 Å². The average molecular weight is 276 g/mol. The lowest BCUT2D eigenvalue weighted by molar-refractivity contribution is 0.198. The minimum Gasteiger partial charge on any atom is -0.496 e. The van der Waals surface area contributed by atoms with E-state index in [1.165, 1.54) is 12.1 Å². The Balaban J connectivity index is 2.17. The molecule has 2 rings (SSSR count). The van der Waals surface area contributed by atoms with E-state index < -0.39 is 6.10 Å². The molecule has 0 aliphatic rings. The number of halogens is 1. The first-order chi connectivity index (χ1) is 9.60. The summed E-state index contributed by atoms with van der Waals surface area (Å²) in [4.78, 5) is 0. The van der Waals surface area contributed by atoms with Crippen LogP contribution < -0.4 is 9.47 Å². The topological polar surface area (TPSA) is 38.7 Å².